The van der Waals surface area contributed by atoms with Gasteiger partial charge in [0.15, 0.2) is 5.78 Å². The molecule has 0 spiro atoms. The molecule has 3 aromatic rings. The van der Waals surface area contributed by atoms with Crippen molar-refractivity contribution in [3.8, 4) is 5.75 Å². The van der Waals surface area contributed by atoms with E-state index in [1.54, 1.807) is 54.6 Å². The van der Waals surface area contributed by atoms with Crippen LogP contribution < -0.4 is 15.4 Å². The fourth-order valence-electron chi connectivity index (χ4n) is 3.00. The van der Waals surface area contributed by atoms with Crippen LogP contribution in [0.4, 0.5) is 5.69 Å². The first-order chi connectivity index (χ1) is 16.0. The Labute approximate surface area is 192 Å². The first kappa shape index (κ1) is 23.2. The van der Waals surface area contributed by atoms with Crippen LogP contribution in [0.5, 0.6) is 5.75 Å². The molecule has 0 heterocycles. The van der Waals surface area contributed by atoms with Crippen LogP contribution in [0.3, 0.4) is 0 Å². The molecule has 166 valence electrons. The minimum atomic E-state index is -0.508. The summed E-state index contributed by atoms with van der Waals surface area (Å²) in [6, 6.07) is 22.9. The van der Waals surface area contributed by atoms with Gasteiger partial charge in [0.05, 0.1) is 12.7 Å². The maximum atomic E-state index is 13.0. The second kappa shape index (κ2) is 11.2. The van der Waals surface area contributed by atoms with Gasteiger partial charge in [0, 0.05) is 11.3 Å². The molecular weight excluding hydrogens is 416 g/mol. The van der Waals surface area contributed by atoms with Gasteiger partial charge in [-0.3, -0.25) is 14.4 Å². The lowest BCUT2D eigenvalue weighted by molar-refractivity contribution is -0.113. The number of anilines is 1. The smallest absolute Gasteiger partial charge is 0.272 e. The van der Waals surface area contributed by atoms with E-state index in [4.69, 9.17) is 4.74 Å². The van der Waals surface area contributed by atoms with Crippen molar-refractivity contribution in [3.63, 3.8) is 0 Å². The number of amides is 2. The summed E-state index contributed by atoms with van der Waals surface area (Å²) in [5.41, 5.74) is 2.34. The first-order valence-electron chi connectivity index (χ1n) is 10.3. The number of Topliss-reactive ketones (excluding diaryl/α,β-unsaturated/α-hetero) is 1. The van der Waals surface area contributed by atoms with Crippen LogP contribution in [0.1, 0.15) is 33.2 Å². The van der Waals surface area contributed by atoms with Gasteiger partial charge >= 0.3 is 0 Å². The third-order valence-corrected chi connectivity index (χ3v) is 4.74. The monoisotopic (exact) mass is 440 g/mol. The summed E-state index contributed by atoms with van der Waals surface area (Å²) in [6.07, 6.45) is 5.04. The molecule has 3 rings (SSSR count). The molecule has 2 amide bonds. The second-order valence-electron chi connectivity index (χ2n) is 7.09. The van der Waals surface area contributed by atoms with Gasteiger partial charge < -0.3 is 15.4 Å². The lowest BCUT2D eigenvalue weighted by atomic mass is 10.1. The minimum Gasteiger partial charge on any atom is -0.496 e. The Balaban J connectivity index is 1.84. The fourth-order valence-corrected chi connectivity index (χ4v) is 3.00. The lowest BCUT2D eigenvalue weighted by Gasteiger charge is -2.12. The first-order valence-corrected chi connectivity index (χ1v) is 10.3. The fraction of sp³-hybridized carbons (Fsp3) is 0.0741. The van der Waals surface area contributed by atoms with Crippen molar-refractivity contribution >= 4 is 29.4 Å². The van der Waals surface area contributed by atoms with E-state index in [-0.39, 0.29) is 11.5 Å². The Hall–Kier alpha value is -4.45. The summed E-state index contributed by atoms with van der Waals surface area (Å²) in [5.74, 6) is -0.654. The molecule has 0 fully saturated rings. The number of nitrogens with one attached hydrogen (secondary N) is 2. The van der Waals surface area contributed by atoms with Crippen molar-refractivity contribution < 1.29 is 19.1 Å². The number of ether oxygens (including phenoxy) is 1. The molecule has 33 heavy (non-hydrogen) atoms. The van der Waals surface area contributed by atoms with Gasteiger partial charge in [-0.2, -0.15) is 0 Å². The van der Waals surface area contributed by atoms with E-state index in [1.807, 2.05) is 36.4 Å². The SMILES string of the molecule is COc1ccccc1C(=O)NC(=CC=Cc1ccccc1)C(=O)Nc1ccc(C(C)=O)cc1. The van der Waals surface area contributed by atoms with Gasteiger partial charge in [-0.25, -0.2) is 0 Å². The molecule has 0 bridgehead atoms. The van der Waals surface area contributed by atoms with Crippen molar-refractivity contribution in [3.05, 3.63) is 113 Å². The average Bonchev–Trinajstić information content (AvgIpc) is 2.84. The number of benzene rings is 3. The zero-order chi connectivity index (χ0) is 23.6. The van der Waals surface area contributed by atoms with Gasteiger partial charge in [-0.05, 0) is 55.0 Å². The Bertz CT molecular complexity index is 1200. The van der Waals surface area contributed by atoms with Gasteiger partial charge in [0.1, 0.15) is 11.4 Å². The highest BCUT2D eigenvalue weighted by molar-refractivity contribution is 6.09. The normalized spacial score (nSPS) is 11.2. The highest BCUT2D eigenvalue weighted by Crippen LogP contribution is 2.18. The number of methoxy groups -OCH3 is 1. The molecule has 3 aromatic carbocycles. The third-order valence-electron chi connectivity index (χ3n) is 4.74. The molecule has 0 aliphatic rings. The zero-order valence-corrected chi connectivity index (χ0v) is 18.4. The number of carbonyl (C=O) groups excluding carboxylic acids is 3. The molecule has 6 nitrogen and oxygen atoms in total. The zero-order valence-electron chi connectivity index (χ0n) is 18.4. The van der Waals surface area contributed by atoms with Crippen molar-refractivity contribution in [1.29, 1.82) is 0 Å². The number of rotatable bonds is 8. The topological polar surface area (TPSA) is 84.5 Å². The summed E-state index contributed by atoms with van der Waals surface area (Å²) >= 11 is 0. The molecule has 6 heteroatoms. The molecule has 0 atom stereocenters. The molecule has 0 saturated carbocycles. The van der Waals surface area contributed by atoms with Crippen LogP contribution in [0.25, 0.3) is 6.08 Å². The highest BCUT2D eigenvalue weighted by Gasteiger charge is 2.17. The Morgan fingerprint density at radius 1 is 0.848 bits per heavy atom. The summed E-state index contributed by atoms with van der Waals surface area (Å²) in [7, 11) is 1.48. The van der Waals surface area contributed by atoms with Crippen LogP contribution in [-0.2, 0) is 4.79 Å². The summed E-state index contributed by atoms with van der Waals surface area (Å²) in [5, 5.41) is 5.41. The molecule has 0 saturated heterocycles. The van der Waals surface area contributed by atoms with E-state index in [2.05, 4.69) is 10.6 Å². The maximum Gasteiger partial charge on any atom is 0.272 e. The second-order valence-corrected chi connectivity index (χ2v) is 7.09. The van der Waals surface area contributed by atoms with Gasteiger partial charge in [0.2, 0.25) is 0 Å². The van der Waals surface area contributed by atoms with Crippen LogP contribution in [-0.4, -0.2) is 24.7 Å². The van der Waals surface area contributed by atoms with Crippen molar-refractivity contribution in [2.45, 2.75) is 6.92 Å². The van der Waals surface area contributed by atoms with E-state index in [9.17, 15) is 14.4 Å². The molecular formula is C27H24N2O4. The van der Waals surface area contributed by atoms with Gasteiger partial charge in [-0.15, -0.1) is 0 Å². The molecule has 0 aliphatic carbocycles. The number of hydrogen-bond acceptors (Lipinski definition) is 4. The van der Waals surface area contributed by atoms with E-state index in [1.165, 1.54) is 20.1 Å². The standard InChI is InChI=1S/C27H24N2O4/c1-19(30)21-15-17-22(18-16-21)28-27(32)24(13-8-11-20-9-4-3-5-10-20)29-26(31)23-12-6-7-14-25(23)33-2/h3-18H,1-2H3,(H,28,32)(H,29,31). The number of carbonyl (C=O) groups is 3. The number of allylic oxidation sites excluding steroid dienone is 2. The number of hydrogen-bond donors (Lipinski definition) is 2. The van der Waals surface area contributed by atoms with E-state index in [0.29, 0.717) is 22.6 Å². The van der Waals surface area contributed by atoms with Crippen molar-refractivity contribution in [2.24, 2.45) is 0 Å². The van der Waals surface area contributed by atoms with Gasteiger partial charge in [0.25, 0.3) is 11.8 Å². The predicted octanol–water partition coefficient (Wildman–Crippen LogP) is 4.86. The molecule has 0 aliphatic heterocycles. The third kappa shape index (κ3) is 6.51. The van der Waals surface area contributed by atoms with Crippen LogP contribution >= 0.6 is 0 Å². The molecule has 0 radical (unpaired) electrons. The van der Waals surface area contributed by atoms with E-state index >= 15 is 0 Å². The van der Waals surface area contributed by atoms with Crippen LogP contribution in [0.2, 0.25) is 0 Å². The highest BCUT2D eigenvalue weighted by atomic mass is 16.5. The van der Waals surface area contributed by atoms with Crippen molar-refractivity contribution in [2.75, 3.05) is 12.4 Å². The number of para-hydroxylation sites is 1. The number of ketones is 1. The van der Waals surface area contributed by atoms with Crippen LogP contribution in [0.15, 0.2) is 96.7 Å². The minimum absolute atomic E-state index is 0.0498. The predicted molar refractivity (Wildman–Crippen MR) is 129 cm³/mol. The quantitative estimate of drug-likeness (QED) is 0.298. The average molecular weight is 440 g/mol. The Morgan fingerprint density at radius 3 is 2.18 bits per heavy atom. The van der Waals surface area contributed by atoms with E-state index in [0.717, 1.165) is 5.56 Å². The van der Waals surface area contributed by atoms with E-state index < -0.39 is 11.8 Å². The summed E-state index contributed by atoms with van der Waals surface area (Å²) < 4.78 is 5.25. The molecule has 0 unspecified atom stereocenters. The Kier molecular flexibility index (Phi) is 7.91. The van der Waals surface area contributed by atoms with Crippen LogP contribution in [0, 0.1) is 0 Å². The largest absolute Gasteiger partial charge is 0.496 e. The summed E-state index contributed by atoms with van der Waals surface area (Å²) in [6.45, 7) is 1.47. The molecule has 2 N–H and O–H groups in total. The van der Waals surface area contributed by atoms with Gasteiger partial charge in [-0.1, -0.05) is 54.6 Å². The maximum absolute atomic E-state index is 13.0. The Morgan fingerprint density at radius 2 is 1.52 bits per heavy atom. The summed E-state index contributed by atoms with van der Waals surface area (Å²) in [4.78, 5) is 37.3. The lowest BCUT2D eigenvalue weighted by Crippen LogP contribution is -2.31. The van der Waals surface area contributed by atoms with Crippen molar-refractivity contribution in [1.82, 2.24) is 5.32 Å². The molecule has 0 aromatic heterocycles.